The molecule has 1 aliphatic carbocycles. The molecule has 0 heterocycles. The Morgan fingerprint density at radius 2 is 1.31 bits per heavy atom. The molecule has 1 fully saturated rings. The van der Waals surface area contributed by atoms with Gasteiger partial charge in [0.1, 0.15) is 0 Å². The Labute approximate surface area is 103 Å². The molecule has 1 saturated carbocycles. The summed E-state index contributed by atoms with van der Waals surface area (Å²) in [6.45, 7) is 17.0. The van der Waals surface area contributed by atoms with Gasteiger partial charge in [-0.1, -0.05) is 61.3 Å². The third kappa shape index (κ3) is 3.25. The summed E-state index contributed by atoms with van der Waals surface area (Å²) in [6, 6.07) is 0. The van der Waals surface area contributed by atoms with Crippen LogP contribution in [-0.2, 0) is 0 Å². The van der Waals surface area contributed by atoms with Crippen LogP contribution < -0.4 is 0 Å². The van der Waals surface area contributed by atoms with Crippen LogP contribution in [0.1, 0.15) is 74.1 Å². The Kier molecular flexibility index (Phi) is 4.13. The summed E-state index contributed by atoms with van der Waals surface area (Å²) in [7, 11) is 0. The lowest BCUT2D eigenvalue weighted by atomic mass is 9.57. The topological polar surface area (TPSA) is 0 Å². The molecular formula is C16H32. The van der Waals surface area contributed by atoms with Crippen molar-refractivity contribution < 1.29 is 0 Å². The first-order chi connectivity index (χ1) is 7.16. The van der Waals surface area contributed by atoms with E-state index in [1.54, 1.807) is 0 Å². The largest absolute Gasteiger partial charge is 0.0651 e. The average Bonchev–Trinajstić information content (AvgIpc) is 2.14. The summed E-state index contributed by atoms with van der Waals surface area (Å²) in [6.07, 6.45) is 5.75. The van der Waals surface area contributed by atoms with Crippen LogP contribution in [0.4, 0.5) is 0 Å². The molecule has 0 N–H and O–H groups in total. The van der Waals surface area contributed by atoms with Crippen molar-refractivity contribution in [2.45, 2.75) is 74.1 Å². The fourth-order valence-electron chi connectivity index (χ4n) is 3.62. The van der Waals surface area contributed by atoms with E-state index < -0.39 is 0 Å². The highest BCUT2D eigenvalue weighted by molar-refractivity contribution is 4.91. The average molecular weight is 224 g/mol. The van der Waals surface area contributed by atoms with E-state index in [0.29, 0.717) is 10.8 Å². The predicted octanol–water partition coefficient (Wildman–Crippen LogP) is 5.52. The van der Waals surface area contributed by atoms with E-state index in [9.17, 15) is 0 Å². The number of rotatable bonds is 1. The van der Waals surface area contributed by atoms with Gasteiger partial charge in [0.05, 0.1) is 0 Å². The third-order valence-electron chi connectivity index (χ3n) is 4.76. The highest BCUT2D eigenvalue weighted by atomic mass is 14.5. The van der Waals surface area contributed by atoms with Gasteiger partial charge in [-0.2, -0.15) is 0 Å². The monoisotopic (exact) mass is 224 g/mol. The van der Waals surface area contributed by atoms with Crippen LogP contribution in [0.25, 0.3) is 0 Å². The molecular weight excluding hydrogens is 192 g/mol. The maximum atomic E-state index is 2.44. The summed E-state index contributed by atoms with van der Waals surface area (Å²) >= 11 is 0. The normalized spacial score (nSPS) is 32.8. The fraction of sp³-hybridized carbons (Fsp3) is 1.00. The summed E-state index contributed by atoms with van der Waals surface area (Å²) in [5.41, 5.74) is 0.961. The van der Waals surface area contributed by atoms with Crippen LogP contribution in [0.15, 0.2) is 0 Å². The van der Waals surface area contributed by atoms with Gasteiger partial charge in [0.25, 0.3) is 0 Å². The van der Waals surface area contributed by atoms with Crippen LogP contribution in [0, 0.1) is 28.6 Å². The SMILES string of the molecule is CCC1CCC(C(C)(C)C)C(C(C)(C)C)C1. The first kappa shape index (κ1) is 14.1. The van der Waals surface area contributed by atoms with Crippen molar-refractivity contribution >= 4 is 0 Å². The molecule has 0 aromatic heterocycles. The number of hydrogen-bond donors (Lipinski definition) is 0. The Hall–Kier alpha value is 0. The van der Waals surface area contributed by atoms with Crippen molar-refractivity contribution in [3.8, 4) is 0 Å². The maximum absolute atomic E-state index is 2.44. The van der Waals surface area contributed by atoms with Crippen molar-refractivity contribution in [3.63, 3.8) is 0 Å². The lowest BCUT2D eigenvalue weighted by molar-refractivity contribution is 0.0109. The van der Waals surface area contributed by atoms with Gasteiger partial charge in [-0.05, 0) is 41.4 Å². The zero-order valence-electron chi connectivity index (χ0n) is 12.6. The van der Waals surface area contributed by atoms with Crippen molar-refractivity contribution in [3.05, 3.63) is 0 Å². The first-order valence-corrected chi connectivity index (χ1v) is 7.16. The summed E-state index contributed by atoms with van der Waals surface area (Å²) in [5, 5.41) is 0. The summed E-state index contributed by atoms with van der Waals surface area (Å²) in [4.78, 5) is 0. The predicted molar refractivity (Wildman–Crippen MR) is 73.5 cm³/mol. The van der Waals surface area contributed by atoms with E-state index in [-0.39, 0.29) is 0 Å². The fourth-order valence-corrected chi connectivity index (χ4v) is 3.62. The highest BCUT2D eigenvalue weighted by Crippen LogP contribution is 2.50. The molecule has 16 heavy (non-hydrogen) atoms. The zero-order valence-corrected chi connectivity index (χ0v) is 12.6. The molecule has 0 aromatic carbocycles. The van der Waals surface area contributed by atoms with Gasteiger partial charge in [-0.25, -0.2) is 0 Å². The van der Waals surface area contributed by atoms with E-state index in [1.165, 1.54) is 25.7 Å². The molecule has 0 aliphatic heterocycles. The van der Waals surface area contributed by atoms with Crippen molar-refractivity contribution in [2.24, 2.45) is 28.6 Å². The van der Waals surface area contributed by atoms with Crippen LogP contribution in [0.5, 0.6) is 0 Å². The third-order valence-corrected chi connectivity index (χ3v) is 4.76. The van der Waals surface area contributed by atoms with Crippen molar-refractivity contribution in [1.29, 1.82) is 0 Å². The molecule has 0 spiro atoms. The van der Waals surface area contributed by atoms with Gasteiger partial charge in [-0.15, -0.1) is 0 Å². The highest BCUT2D eigenvalue weighted by Gasteiger charge is 2.41. The first-order valence-electron chi connectivity index (χ1n) is 7.16. The van der Waals surface area contributed by atoms with Gasteiger partial charge in [-0.3, -0.25) is 0 Å². The van der Waals surface area contributed by atoms with Crippen LogP contribution in [-0.4, -0.2) is 0 Å². The molecule has 0 saturated heterocycles. The van der Waals surface area contributed by atoms with Gasteiger partial charge < -0.3 is 0 Å². The molecule has 3 unspecified atom stereocenters. The van der Waals surface area contributed by atoms with E-state index in [2.05, 4.69) is 48.5 Å². The van der Waals surface area contributed by atoms with Gasteiger partial charge >= 0.3 is 0 Å². The lowest BCUT2D eigenvalue weighted by Crippen LogP contribution is -2.40. The minimum absolute atomic E-state index is 0.478. The Morgan fingerprint density at radius 1 is 0.812 bits per heavy atom. The minimum atomic E-state index is 0.478. The van der Waals surface area contributed by atoms with Gasteiger partial charge in [0.2, 0.25) is 0 Å². The Morgan fingerprint density at radius 3 is 1.69 bits per heavy atom. The molecule has 1 aliphatic rings. The molecule has 0 radical (unpaired) electrons. The van der Waals surface area contributed by atoms with E-state index in [4.69, 9.17) is 0 Å². The standard InChI is InChI=1S/C16H32/c1-8-12-9-10-13(15(2,3)4)14(11-12)16(5,6)7/h12-14H,8-11H2,1-7H3. The van der Waals surface area contributed by atoms with E-state index in [0.717, 1.165) is 17.8 Å². The zero-order chi connectivity index (χ0) is 12.6. The number of hydrogen-bond acceptors (Lipinski definition) is 0. The second-order valence-corrected chi connectivity index (χ2v) is 8.03. The van der Waals surface area contributed by atoms with Crippen LogP contribution >= 0.6 is 0 Å². The molecule has 0 bridgehead atoms. The van der Waals surface area contributed by atoms with Gasteiger partial charge in [0.15, 0.2) is 0 Å². The molecule has 0 nitrogen and oxygen atoms in total. The Bertz CT molecular complexity index is 213. The lowest BCUT2D eigenvalue weighted by Gasteiger charge is -2.49. The molecule has 1 rings (SSSR count). The summed E-state index contributed by atoms with van der Waals surface area (Å²) < 4.78 is 0. The smallest absolute Gasteiger partial charge is 0.0329 e. The van der Waals surface area contributed by atoms with Crippen molar-refractivity contribution in [2.75, 3.05) is 0 Å². The summed E-state index contributed by atoms with van der Waals surface area (Å²) in [5.74, 6) is 2.81. The molecule has 3 atom stereocenters. The minimum Gasteiger partial charge on any atom is -0.0651 e. The molecule has 0 amide bonds. The molecule has 96 valence electrons. The maximum Gasteiger partial charge on any atom is -0.0329 e. The molecule has 0 aromatic rings. The Balaban J connectivity index is 2.85. The van der Waals surface area contributed by atoms with E-state index in [1.807, 2.05) is 0 Å². The molecule has 0 heteroatoms. The van der Waals surface area contributed by atoms with Crippen LogP contribution in [0.2, 0.25) is 0 Å². The second kappa shape index (κ2) is 4.70. The van der Waals surface area contributed by atoms with Crippen molar-refractivity contribution in [1.82, 2.24) is 0 Å². The van der Waals surface area contributed by atoms with Crippen LogP contribution in [0.3, 0.4) is 0 Å². The van der Waals surface area contributed by atoms with Gasteiger partial charge in [0, 0.05) is 0 Å². The second-order valence-electron chi connectivity index (χ2n) is 8.03. The van der Waals surface area contributed by atoms with E-state index >= 15 is 0 Å². The quantitative estimate of drug-likeness (QED) is 0.550.